The molecule has 13 heteroatoms. The first kappa shape index (κ1) is 38.1. The summed E-state index contributed by atoms with van der Waals surface area (Å²) >= 11 is 0. The molecule has 4 saturated heterocycles. The lowest BCUT2D eigenvalue weighted by atomic mass is 9.88. The predicted molar refractivity (Wildman–Crippen MR) is 221 cm³/mol. The van der Waals surface area contributed by atoms with Crippen molar-refractivity contribution in [3.63, 3.8) is 0 Å². The van der Waals surface area contributed by atoms with Crippen molar-refractivity contribution in [1.82, 2.24) is 30.0 Å². The first-order valence-electron chi connectivity index (χ1n) is 21.1. The average molecular weight is 785 g/mol. The highest BCUT2D eigenvalue weighted by atomic mass is 16.2. The number of anilines is 2. The summed E-state index contributed by atoms with van der Waals surface area (Å²) in [5, 5.41) is 5.34. The summed E-state index contributed by atoms with van der Waals surface area (Å²) in [6.45, 7) is 8.97. The maximum atomic E-state index is 13.6. The highest BCUT2D eigenvalue weighted by Crippen LogP contribution is 2.37. The number of aromatic amines is 1. The van der Waals surface area contributed by atoms with Crippen molar-refractivity contribution in [1.29, 1.82) is 0 Å². The van der Waals surface area contributed by atoms with E-state index in [4.69, 9.17) is 4.98 Å². The Morgan fingerprint density at radius 3 is 2.40 bits per heavy atom. The van der Waals surface area contributed by atoms with Crippen LogP contribution in [0.5, 0.6) is 0 Å². The van der Waals surface area contributed by atoms with Gasteiger partial charge in [-0.3, -0.25) is 39.1 Å². The van der Waals surface area contributed by atoms with E-state index in [-0.39, 0.29) is 24.7 Å². The number of hydrogen-bond donors (Lipinski definition) is 3. The molecule has 4 aromatic rings. The molecule has 0 bridgehead atoms. The second kappa shape index (κ2) is 16.1. The number of benzene rings is 3. The minimum absolute atomic E-state index is 0.101. The van der Waals surface area contributed by atoms with Crippen LogP contribution in [0.25, 0.3) is 11.0 Å². The first-order chi connectivity index (χ1) is 28.2. The van der Waals surface area contributed by atoms with Gasteiger partial charge in [0.1, 0.15) is 11.9 Å². The summed E-state index contributed by atoms with van der Waals surface area (Å²) in [4.78, 5) is 80.9. The highest BCUT2D eigenvalue weighted by Gasteiger charge is 2.46. The van der Waals surface area contributed by atoms with Gasteiger partial charge in [-0.2, -0.15) is 0 Å². The Hall–Kier alpha value is -5.40. The smallest absolute Gasteiger partial charge is 0.264 e. The van der Waals surface area contributed by atoms with Crippen LogP contribution in [-0.4, -0.2) is 106 Å². The number of piperidine rings is 3. The van der Waals surface area contributed by atoms with Crippen molar-refractivity contribution in [2.75, 3.05) is 49.5 Å². The maximum Gasteiger partial charge on any atom is 0.264 e. The van der Waals surface area contributed by atoms with Crippen LogP contribution < -0.4 is 15.5 Å². The zero-order chi connectivity index (χ0) is 39.9. The van der Waals surface area contributed by atoms with Gasteiger partial charge in [-0.25, -0.2) is 4.98 Å². The van der Waals surface area contributed by atoms with E-state index in [2.05, 4.69) is 49.4 Å². The van der Waals surface area contributed by atoms with Crippen LogP contribution >= 0.6 is 0 Å². The molecule has 302 valence electrons. The molecule has 3 aromatic carbocycles. The van der Waals surface area contributed by atoms with E-state index in [9.17, 15) is 24.0 Å². The lowest BCUT2D eigenvalue weighted by molar-refractivity contribution is -0.136. The van der Waals surface area contributed by atoms with Crippen LogP contribution in [-0.2, 0) is 16.1 Å². The largest absolute Gasteiger partial charge is 0.371 e. The van der Waals surface area contributed by atoms with Crippen molar-refractivity contribution in [3.05, 3.63) is 88.7 Å². The molecule has 5 aliphatic heterocycles. The predicted octanol–water partition coefficient (Wildman–Crippen LogP) is 5.69. The van der Waals surface area contributed by atoms with E-state index in [1.165, 1.54) is 18.4 Å². The van der Waals surface area contributed by atoms with Gasteiger partial charge in [0.15, 0.2) is 0 Å². The van der Waals surface area contributed by atoms with Crippen molar-refractivity contribution >= 4 is 51.9 Å². The van der Waals surface area contributed by atoms with E-state index in [0.29, 0.717) is 34.6 Å². The summed E-state index contributed by atoms with van der Waals surface area (Å²) in [7, 11) is 0. The van der Waals surface area contributed by atoms with E-state index in [1.807, 2.05) is 42.5 Å². The topological polar surface area (TPSA) is 151 Å². The Balaban J connectivity index is 0.723. The fourth-order valence-corrected chi connectivity index (χ4v) is 9.82. The molecule has 9 rings (SSSR count). The second-order valence-electron chi connectivity index (χ2n) is 16.9. The fourth-order valence-electron chi connectivity index (χ4n) is 9.82. The fraction of sp³-hybridized carbons (Fsp3) is 0.467. The van der Waals surface area contributed by atoms with E-state index in [0.717, 1.165) is 111 Å². The Morgan fingerprint density at radius 2 is 1.66 bits per heavy atom. The van der Waals surface area contributed by atoms with Crippen molar-refractivity contribution in [2.45, 2.75) is 89.3 Å². The van der Waals surface area contributed by atoms with Gasteiger partial charge < -0.3 is 20.1 Å². The molecule has 1 aromatic heterocycles. The minimum Gasteiger partial charge on any atom is -0.371 e. The van der Waals surface area contributed by atoms with Gasteiger partial charge in [-0.05, 0) is 144 Å². The molecular formula is C45H52N8O5. The summed E-state index contributed by atoms with van der Waals surface area (Å²) in [5.41, 5.74) is 5.97. The molecule has 13 nitrogen and oxygen atoms in total. The molecule has 0 spiro atoms. The third kappa shape index (κ3) is 7.65. The highest BCUT2D eigenvalue weighted by molar-refractivity contribution is 6.25. The number of carbonyl (C=O) groups is 5. The summed E-state index contributed by atoms with van der Waals surface area (Å²) in [5.74, 6) is 0.0130. The zero-order valence-electron chi connectivity index (χ0n) is 33.2. The third-order valence-electron chi connectivity index (χ3n) is 13.3. The number of carbonyl (C=O) groups excluding carboxylic acids is 5. The van der Waals surface area contributed by atoms with Crippen LogP contribution in [0.3, 0.4) is 0 Å². The molecule has 5 aliphatic rings. The second-order valence-corrected chi connectivity index (χ2v) is 16.9. The van der Waals surface area contributed by atoms with E-state index in [1.54, 1.807) is 6.07 Å². The molecular weight excluding hydrogens is 733 g/mol. The molecule has 0 aliphatic carbocycles. The Kier molecular flexibility index (Phi) is 10.6. The number of aromatic nitrogens is 2. The number of likely N-dealkylation sites (tertiary alicyclic amines) is 2. The maximum absolute atomic E-state index is 13.6. The summed E-state index contributed by atoms with van der Waals surface area (Å²) in [6, 6.07) is 18.9. The number of hydrogen-bond acceptors (Lipinski definition) is 9. The molecule has 0 radical (unpaired) electrons. The molecule has 4 fully saturated rings. The monoisotopic (exact) mass is 784 g/mol. The van der Waals surface area contributed by atoms with Gasteiger partial charge in [0.05, 0.1) is 34.4 Å². The van der Waals surface area contributed by atoms with Crippen LogP contribution in [0.4, 0.5) is 11.4 Å². The van der Waals surface area contributed by atoms with E-state index < -0.39 is 23.8 Å². The van der Waals surface area contributed by atoms with Crippen molar-refractivity contribution in [3.8, 4) is 0 Å². The van der Waals surface area contributed by atoms with Gasteiger partial charge in [0.2, 0.25) is 11.8 Å². The number of nitrogens with one attached hydrogen (secondary N) is 3. The van der Waals surface area contributed by atoms with Crippen LogP contribution in [0.15, 0.2) is 60.7 Å². The molecule has 1 unspecified atom stereocenters. The third-order valence-corrected chi connectivity index (χ3v) is 13.3. The van der Waals surface area contributed by atoms with Gasteiger partial charge in [-0.15, -0.1) is 0 Å². The zero-order valence-corrected chi connectivity index (χ0v) is 33.2. The lowest BCUT2D eigenvalue weighted by Crippen LogP contribution is -2.54. The number of amides is 5. The molecule has 3 N–H and O–H groups in total. The van der Waals surface area contributed by atoms with Gasteiger partial charge in [0, 0.05) is 36.8 Å². The van der Waals surface area contributed by atoms with Crippen LogP contribution in [0.2, 0.25) is 0 Å². The van der Waals surface area contributed by atoms with E-state index >= 15 is 0 Å². The minimum atomic E-state index is -0.967. The average Bonchev–Trinajstić information content (AvgIpc) is 3.91. The number of rotatable bonds is 10. The normalized spacial score (nSPS) is 22.6. The molecule has 58 heavy (non-hydrogen) atoms. The van der Waals surface area contributed by atoms with Crippen LogP contribution in [0, 0.1) is 5.92 Å². The number of imidazole rings is 1. The lowest BCUT2D eigenvalue weighted by Gasteiger charge is -2.36. The van der Waals surface area contributed by atoms with Gasteiger partial charge in [-0.1, -0.05) is 18.2 Å². The standard InChI is InChI=1S/C45H52N8O5/c1-28-4-3-20-52(28)27-39-47-35-12-11-33(26-36(35)48-39)46-42(55)32-9-7-30(8-10-32)31-18-22-50(23-19-31)21-15-29-16-24-51(25-17-29)37-6-2-5-34-41(37)45(58)53(44(34)57)38-13-14-40(54)49-43(38)56/h2,5-12,26,28-29,31,38H,3-4,13-25,27H2,1H3,(H,46,55)(H,47,48)(H,49,54,56)/t28-,38?/m0/s1. The Bertz CT molecular complexity index is 2240. The SMILES string of the molecule is C[C@H]1CCCN1Cc1nc2ccc(NC(=O)c3ccc(C4CCN(CCC5CCN(c6cccc7c6C(=O)N(C6CCC(=O)NC6=O)C7=O)CC5)CC4)cc3)cc2[nH]1. The number of fused-ring (bicyclic) bond motifs is 2. The molecule has 5 amide bonds. The quantitative estimate of drug-likeness (QED) is 0.173. The number of nitrogens with zero attached hydrogens (tertiary/aromatic N) is 5. The molecule has 0 saturated carbocycles. The Labute approximate surface area is 338 Å². The molecule has 2 atom stereocenters. The molecule has 6 heterocycles. The van der Waals surface area contributed by atoms with Gasteiger partial charge in [0.25, 0.3) is 17.7 Å². The summed E-state index contributed by atoms with van der Waals surface area (Å²) < 4.78 is 0. The van der Waals surface area contributed by atoms with Gasteiger partial charge >= 0.3 is 0 Å². The number of H-pyrrole nitrogens is 1. The first-order valence-corrected chi connectivity index (χ1v) is 21.1. The van der Waals surface area contributed by atoms with Crippen LogP contribution in [0.1, 0.15) is 113 Å². The summed E-state index contributed by atoms with van der Waals surface area (Å²) in [6.07, 6.45) is 8.04. The Morgan fingerprint density at radius 1 is 0.862 bits per heavy atom. The number of imide groups is 2. The van der Waals surface area contributed by atoms with Crippen molar-refractivity contribution < 1.29 is 24.0 Å². The van der Waals surface area contributed by atoms with Crippen molar-refractivity contribution in [2.24, 2.45) is 5.92 Å².